The summed E-state index contributed by atoms with van der Waals surface area (Å²) in [5.74, 6) is 0. The number of ether oxygens (including phenoxy) is 1. The summed E-state index contributed by atoms with van der Waals surface area (Å²) in [6, 6.07) is 0.130. The van der Waals surface area contributed by atoms with E-state index in [1.165, 1.54) is 0 Å². The van der Waals surface area contributed by atoms with Crippen molar-refractivity contribution < 1.29 is 9.53 Å². The van der Waals surface area contributed by atoms with Crippen molar-refractivity contribution in [3.05, 3.63) is 24.3 Å². The smallest absolute Gasteiger partial charge is 0.407 e. The number of hydrogen-bond acceptors (Lipinski definition) is 5. The molecule has 1 amide bonds. The molecule has 0 spiro atoms. The summed E-state index contributed by atoms with van der Waals surface area (Å²) in [6.07, 6.45) is 6.86. The number of nitrogens with one attached hydrogen (secondary N) is 1. The first-order valence-electron chi connectivity index (χ1n) is 7.39. The molecule has 116 valence electrons. The van der Waals surface area contributed by atoms with E-state index in [9.17, 15) is 4.79 Å². The maximum Gasteiger partial charge on any atom is 0.407 e. The Morgan fingerprint density at radius 3 is 2.95 bits per heavy atom. The lowest BCUT2D eigenvalue weighted by molar-refractivity contribution is 0.0470. The van der Waals surface area contributed by atoms with Crippen molar-refractivity contribution in [3.63, 3.8) is 0 Å². The number of likely N-dealkylation sites (tertiary alicyclic amines) is 1. The van der Waals surface area contributed by atoms with Gasteiger partial charge in [0, 0.05) is 37.7 Å². The largest absolute Gasteiger partial charge is 0.444 e. The van der Waals surface area contributed by atoms with Gasteiger partial charge in [-0.3, -0.25) is 14.9 Å². The summed E-state index contributed by atoms with van der Waals surface area (Å²) < 4.78 is 5.30. The predicted molar refractivity (Wildman–Crippen MR) is 79.7 cm³/mol. The number of carbonyl (C=O) groups excluding carboxylic acids is 1. The number of nitrogens with zero attached hydrogens (tertiary/aromatic N) is 3. The molecule has 0 aliphatic carbocycles. The van der Waals surface area contributed by atoms with Gasteiger partial charge in [0.1, 0.15) is 5.60 Å². The first kappa shape index (κ1) is 15.7. The highest BCUT2D eigenvalue weighted by atomic mass is 16.6. The van der Waals surface area contributed by atoms with Gasteiger partial charge >= 0.3 is 6.09 Å². The van der Waals surface area contributed by atoms with Gasteiger partial charge in [-0.2, -0.15) is 0 Å². The van der Waals surface area contributed by atoms with Crippen molar-refractivity contribution in [2.45, 2.75) is 51.8 Å². The molecule has 6 heteroatoms. The van der Waals surface area contributed by atoms with E-state index in [-0.39, 0.29) is 12.1 Å². The molecule has 6 nitrogen and oxygen atoms in total. The average molecular weight is 292 g/mol. The second-order valence-electron chi connectivity index (χ2n) is 6.42. The lowest BCUT2D eigenvalue weighted by atomic mass is 10.1. The molecule has 2 rings (SSSR count). The first-order chi connectivity index (χ1) is 9.92. The Bertz CT molecular complexity index is 458. The van der Waals surface area contributed by atoms with E-state index in [1.54, 1.807) is 18.6 Å². The van der Waals surface area contributed by atoms with Crippen LogP contribution in [-0.4, -0.2) is 45.7 Å². The number of rotatable bonds is 3. The van der Waals surface area contributed by atoms with Gasteiger partial charge in [0.25, 0.3) is 0 Å². The van der Waals surface area contributed by atoms with E-state index in [2.05, 4.69) is 20.2 Å². The number of aromatic nitrogens is 2. The minimum atomic E-state index is -0.460. The molecule has 0 saturated carbocycles. The van der Waals surface area contributed by atoms with Crippen molar-refractivity contribution in [2.75, 3.05) is 13.1 Å². The third-order valence-electron chi connectivity index (χ3n) is 3.23. The highest BCUT2D eigenvalue weighted by molar-refractivity contribution is 5.68. The average Bonchev–Trinajstić information content (AvgIpc) is 2.38. The van der Waals surface area contributed by atoms with E-state index >= 15 is 0 Å². The number of amides is 1. The molecule has 1 aromatic rings. The van der Waals surface area contributed by atoms with Gasteiger partial charge in [-0.1, -0.05) is 0 Å². The highest BCUT2D eigenvalue weighted by Gasteiger charge is 2.24. The Kier molecular flexibility index (Phi) is 5.12. The molecule has 0 radical (unpaired) electrons. The number of alkyl carbamates (subject to hydrolysis) is 1. The molecule has 1 aromatic heterocycles. The molecule has 2 heterocycles. The standard InChI is InChI=1S/C15H24N4O2/c1-15(2,3)21-14(20)18-12-5-4-8-19(10-12)11-13-9-16-6-7-17-13/h6-7,9,12H,4-5,8,10-11H2,1-3H3,(H,18,20)/t12-/m1/s1. The van der Waals surface area contributed by atoms with Gasteiger partial charge in [0.05, 0.1) is 5.69 Å². The lowest BCUT2D eigenvalue weighted by Crippen LogP contribution is -2.48. The first-order valence-corrected chi connectivity index (χ1v) is 7.39. The van der Waals surface area contributed by atoms with Crippen molar-refractivity contribution in [1.82, 2.24) is 20.2 Å². The Balaban J connectivity index is 1.82. The third-order valence-corrected chi connectivity index (χ3v) is 3.23. The zero-order valence-corrected chi connectivity index (χ0v) is 13.0. The van der Waals surface area contributed by atoms with Crippen LogP contribution in [0.1, 0.15) is 39.3 Å². The molecule has 21 heavy (non-hydrogen) atoms. The van der Waals surface area contributed by atoms with Crippen molar-refractivity contribution in [1.29, 1.82) is 0 Å². The van der Waals surface area contributed by atoms with E-state index in [0.717, 1.165) is 38.2 Å². The van der Waals surface area contributed by atoms with E-state index in [4.69, 9.17) is 4.74 Å². The molecule has 0 bridgehead atoms. The normalized spacial score (nSPS) is 20.0. The van der Waals surface area contributed by atoms with Crippen LogP contribution in [0.2, 0.25) is 0 Å². The highest BCUT2D eigenvalue weighted by Crippen LogP contribution is 2.14. The Hall–Kier alpha value is -1.69. The maximum absolute atomic E-state index is 11.8. The van der Waals surface area contributed by atoms with E-state index in [1.807, 2.05) is 20.8 Å². The molecule has 1 saturated heterocycles. The van der Waals surface area contributed by atoms with Gasteiger partial charge in [0.2, 0.25) is 0 Å². The molecule has 1 aliphatic heterocycles. The van der Waals surface area contributed by atoms with Gasteiger partial charge in [-0.25, -0.2) is 4.79 Å². The lowest BCUT2D eigenvalue weighted by Gasteiger charge is -2.33. The molecule has 1 fully saturated rings. The van der Waals surface area contributed by atoms with Crippen LogP contribution in [0.15, 0.2) is 18.6 Å². The topological polar surface area (TPSA) is 67.3 Å². The molecule has 1 aliphatic rings. The summed E-state index contributed by atoms with van der Waals surface area (Å²) in [5, 5.41) is 2.95. The monoisotopic (exact) mass is 292 g/mol. The van der Waals surface area contributed by atoms with Gasteiger partial charge in [-0.15, -0.1) is 0 Å². The van der Waals surface area contributed by atoms with E-state index < -0.39 is 5.60 Å². The molecule has 0 aromatic carbocycles. The SMILES string of the molecule is CC(C)(C)OC(=O)N[C@@H]1CCCN(Cc2cnccn2)C1. The molecular formula is C15H24N4O2. The molecule has 1 N–H and O–H groups in total. The summed E-state index contributed by atoms with van der Waals surface area (Å²) in [6.45, 7) is 8.20. The number of hydrogen-bond donors (Lipinski definition) is 1. The fraction of sp³-hybridized carbons (Fsp3) is 0.667. The zero-order chi connectivity index (χ0) is 15.3. The second kappa shape index (κ2) is 6.85. The van der Waals surface area contributed by atoms with Gasteiger partial charge in [0.15, 0.2) is 0 Å². The van der Waals surface area contributed by atoms with Crippen LogP contribution in [-0.2, 0) is 11.3 Å². The summed E-state index contributed by atoms with van der Waals surface area (Å²) >= 11 is 0. The summed E-state index contributed by atoms with van der Waals surface area (Å²) in [4.78, 5) is 22.5. The van der Waals surface area contributed by atoms with Crippen LogP contribution in [0, 0.1) is 0 Å². The fourth-order valence-corrected chi connectivity index (χ4v) is 2.43. The Morgan fingerprint density at radius 2 is 2.29 bits per heavy atom. The minimum absolute atomic E-state index is 0.130. The van der Waals surface area contributed by atoms with Crippen LogP contribution in [0.5, 0.6) is 0 Å². The third kappa shape index (κ3) is 5.67. The summed E-state index contributed by atoms with van der Waals surface area (Å²) in [5.41, 5.74) is 0.494. The van der Waals surface area contributed by atoms with Crippen LogP contribution >= 0.6 is 0 Å². The zero-order valence-electron chi connectivity index (χ0n) is 13.0. The number of carbonyl (C=O) groups is 1. The van der Waals surface area contributed by atoms with Crippen LogP contribution < -0.4 is 5.32 Å². The predicted octanol–water partition coefficient (Wildman–Crippen LogP) is 1.97. The second-order valence-corrected chi connectivity index (χ2v) is 6.42. The Morgan fingerprint density at radius 1 is 1.48 bits per heavy atom. The molecular weight excluding hydrogens is 268 g/mol. The van der Waals surface area contributed by atoms with Crippen LogP contribution in [0.3, 0.4) is 0 Å². The minimum Gasteiger partial charge on any atom is -0.444 e. The quantitative estimate of drug-likeness (QED) is 0.922. The Labute approximate surface area is 125 Å². The molecule has 0 unspecified atom stereocenters. The van der Waals surface area contributed by atoms with Gasteiger partial charge < -0.3 is 10.1 Å². The van der Waals surface area contributed by atoms with Crippen LogP contribution in [0.25, 0.3) is 0 Å². The summed E-state index contributed by atoms with van der Waals surface area (Å²) in [7, 11) is 0. The van der Waals surface area contributed by atoms with Crippen LogP contribution in [0.4, 0.5) is 4.79 Å². The molecule has 1 atom stereocenters. The van der Waals surface area contributed by atoms with Crippen molar-refractivity contribution in [2.24, 2.45) is 0 Å². The van der Waals surface area contributed by atoms with Gasteiger partial charge in [-0.05, 0) is 40.2 Å². The number of piperidine rings is 1. The van der Waals surface area contributed by atoms with Crippen molar-refractivity contribution in [3.8, 4) is 0 Å². The maximum atomic E-state index is 11.8. The van der Waals surface area contributed by atoms with E-state index in [0.29, 0.717) is 0 Å². The fourth-order valence-electron chi connectivity index (χ4n) is 2.43. The van der Waals surface area contributed by atoms with Crippen molar-refractivity contribution >= 4 is 6.09 Å².